The Balaban J connectivity index is 1.61. The van der Waals surface area contributed by atoms with Gasteiger partial charge in [0.2, 0.25) is 10.0 Å². The van der Waals surface area contributed by atoms with Crippen LogP contribution in [0.4, 0.5) is 4.39 Å². The van der Waals surface area contributed by atoms with Crippen LogP contribution in [0.1, 0.15) is 25.0 Å². The monoisotopic (exact) mass is 555 g/mol. The molecule has 1 fully saturated rings. The quantitative estimate of drug-likeness (QED) is 0.480. The zero-order valence-electron chi connectivity index (χ0n) is 20.9. The molecule has 0 saturated carbocycles. The highest BCUT2D eigenvalue weighted by molar-refractivity contribution is 7.89. The van der Waals surface area contributed by atoms with E-state index in [1.807, 2.05) is 18.6 Å². The lowest BCUT2D eigenvalue weighted by atomic mass is 10.1. The van der Waals surface area contributed by atoms with Crippen molar-refractivity contribution in [1.29, 1.82) is 0 Å². The molecule has 1 N–H and O–H groups in total. The summed E-state index contributed by atoms with van der Waals surface area (Å²) in [6, 6.07) is 10.8. The molecule has 2 aromatic carbocycles. The topological polar surface area (TPSA) is 105 Å². The van der Waals surface area contributed by atoms with E-state index < -0.39 is 28.3 Å². The fraction of sp³-hybridized carbons (Fsp3) is 0.440. The van der Waals surface area contributed by atoms with Crippen LogP contribution in [0.5, 0.6) is 5.75 Å². The zero-order valence-corrected chi connectivity index (χ0v) is 22.5. The molecule has 0 bridgehead atoms. The van der Waals surface area contributed by atoms with Crippen LogP contribution in [0.15, 0.2) is 42.5 Å². The second-order valence-corrected chi connectivity index (χ2v) is 11.2. The SMILES string of the molecule is COCC(=O)NS(=O)(=O)Cc1cc(Cl)ccc1OCC(=O)N1C[C@H](C)N(Cc2ccc(F)cc2)C[C@H]1C. The molecule has 0 aliphatic carbocycles. The van der Waals surface area contributed by atoms with Gasteiger partial charge in [0.25, 0.3) is 11.8 Å². The van der Waals surface area contributed by atoms with Gasteiger partial charge in [-0.15, -0.1) is 0 Å². The molecular weight excluding hydrogens is 525 g/mol. The highest BCUT2D eigenvalue weighted by Crippen LogP contribution is 2.25. The van der Waals surface area contributed by atoms with Crippen LogP contribution in [-0.4, -0.2) is 75.5 Å². The van der Waals surface area contributed by atoms with E-state index in [1.165, 1.54) is 37.4 Å². The molecule has 202 valence electrons. The van der Waals surface area contributed by atoms with E-state index in [9.17, 15) is 22.4 Å². The van der Waals surface area contributed by atoms with Gasteiger partial charge >= 0.3 is 0 Å². The smallest absolute Gasteiger partial charge is 0.260 e. The van der Waals surface area contributed by atoms with Gasteiger partial charge in [-0.3, -0.25) is 19.2 Å². The molecule has 1 heterocycles. The minimum absolute atomic E-state index is 0.0668. The summed E-state index contributed by atoms with van der Waals surface area (Å²) in [5.74, 6) is -1.71. The fourth-order valence-electron chi connectivity index (χ4n) is 4.19. The first-order valence-electron chi connectivity index (χ1n) is 11.7. The Morgan fingerprint density at radius 1 is 1.08 bits per heavy atom. The molecule has 1 aliphatic rings. The Morgan fingerprint density at radius 3 is 2.46 bits per heavy atom. The largest absolute Gasteiger partial charge is 0.483 e. The van der Waals surface area contributed by atoms with Gasteiger partial charge in [0.1, 0.15) is 18.2 Å². The molecule has 3 rings (SSSR count). The van der Waals surface area contributed by atoms with Gasteiger partial charge in [-0.2, -0.15) is 0 Å². The molecule has 0 unspecified atom stereocenters. The lowest BCUT2D eigenvalue weighted by Gasteiger charge is -2.44. The van der Waals surface area contributed by atoms with Crippen LogP contribution < -0.4 is 9.46 Å². The van der Waals surface area contributed by atoms with Crippen LogP contribution in [-0.2, 0) is 36.6 Å². The summed E-state index contributed by atoms with van der Waals surface area (Å²) in [6.07, 6.45) is 0. The number of carbonyl (C=O) groups is 2. The number of sulfonamides is 1. The maximum Gasteiger partial charge on any atom is 0.260 e. The highest BCUT2D eigenvalue weighted by atomic mass is 35.5. The predicted molar refractivity (Wildman–Crippen MR) is 137 cm³/mol. The van der Waals surface area contributed by atoms with Gasteiger partial charge in [-0.25, -0.2) is 12.8 Å². The molecule has 0 radical (unpaired) electrons. The lowest BCUT2D eigenvalue weighted by molar-refractivity contribution is -0.139. The molecule has 2 aromatic rings. The summed E-state index contributed by atoms with van der Waals surface area (Å²) in [4.78, 5) is 28.7. The molecule has 12 heteroatoms. The first-order chi connectivity index (χ1) is 17.5. The van der Waals surface area contributed by atoms with Crippen LogP contribution >= 0.6 is 11.6 Å². The molecule has 1 saturated heterocycles. The summed E-state index contributed by atoms with van der Waals surface area (Å²) >= 11 is 6.04. The number of piperazine rings is 1. The number of nitrogens with one attached hydrogen (secondary N) is 1. The lowest BCUT2D eigenvalue weighted by Crippen LogP contribution is -2.58. The molecule has 2 atom stereocenters. The Hall–Kier alpha value is -2.73. The van der Waals surface area contributed by atoms with E-state index in [0.29, 0.717) is 19.6 Å². The Bertz CT molecular complexity index is 1210. The number of nitrogens with zero attached hydrogens (tertiary/aromatic N) is 2. The van der Waals surface area contributed by atoms with Crippen LogP contribution in [0.2, 0.25) is 5.02 Å². The van der Waals surface area contributed by atoms with E-state index in [-0.39, 0.29) is 46.8 Å². The summed E-state index contributed by atoms with van der Waals surface area (Å²) in [5, 5.41) is 0.284. The Labute approximate surface area is 221 Å². The number of methoxy groups -OCH3 is 1. The van der Waals surface area contributed by atoms with E-state index in [4.69, 9.17) is 16.3 Å². The number of carbonyl (C=O) groups excluding carboxylic acids is 2. The maximum absolute atomic E-state index is 13.2. The van der Waals surface area contributed by atoms with Gasteiger partial charge in [0.15, 0.2) is 6.61 Å². The van der Waals surface area contributed by atoms with Crippen LogP contribution in [0.3, 0.4) is 0 Å². The number of amides is 2. The summed E-state index contributed by atoms with van der Waals surface area (Å²) in [7, 11) is -2.77. The Morgan fingerprint density at radius 2 is 1.78 bits per heavy atom. The standard InChI is InChI=1S/C25H31ClFN3O6S/c1-17-12-30(18(2)11-29(17)13-19-4-7-22(27)8-5-19)25(32)15-36-23-9-6-21(26)10-20(23)16-37(33,34)28-24(31)14-35-3/h4-10,17-18H,11-16H2,1-3H3,(H,28,31)/t17-,18+/m0/s1. The van der Waals surface area contributed by atoms with E-state index in [0.717, 1.165) is 5.56 Å². The summed E-state index contributed by atoms with van der Waals surface area (Å²) in [5.41, 5.74) is 1.20. The fourth-order valence-corrected chi connectivity index (χ4v) is 5.50. The van der Waals surface area contributed by atoms with E-state index >= 15 is 0 Å². The normalized spacial score (nSPS) is 18.5. The maximum atomic E-state index is 13.2. The molecule has 2 amide bonds. The second kappa shape index (κ2) is 12.7. The van der Waals surface area contributed by atoms with Crippen molar-refractivity contribution in [3.8, 4) is 5.75 Å². The molecule has 0 spiro atoms. The number of ether oxygens (including phenoxy) is 2. The second-order valence-electron chi connectivity index (χ2n) is 9.06. The van der Waals surface area contributed by atoms with Gasteiger partial charge in [0, 0.05) is 49.4 Å². The third kappa shape index (κ3) is 8.39. The molecule has 1 aliphatic heterocycles. The predicted octanol–water partition coefficient (Wildman–Crippen LogP) is 2.57. The van der Waals surface area contributed by atoms with Crippen LogP contribution in [0, 0.1) is 5.82 Å². The van der Waals surface area contributed by atoms with Crippen molar-refractivity contribution in [1.82, 2.24) is 14.5 Å². The average Bonchev–Trinajstić information content (AvgIpc) is 2.81. The third-order valence-electron chi connectivity index (χ3n) is 6.00. The van der Waals surface area contributed by atoms with Crippen molar-refractivity contribution in [2.24, 2.45) is 0 Å². The summed E-state index contributed by atoms with van der Waals surface area (Å²) < 4.78 is 50.3. The first kappa shape index (κ1) is 28.8. The molecule has 0 aromatic heterocycles. The zero-order chi connectivity index (χ0) is 27.2. The number of rotatable bonds is 10. The van der Waals surface area contributed by atoms with Crippen LogP contribution in [0.25, 0.3) is 0 Å². The number of hydrogen-bond donors (Lipinski definition) is 1. The minimum atomic E-state index is -4.04. The number of hydrogen-bond acceptors (Lipinski definition) is 7. The number of benzene rings is 2. The minimum Gasteiger partial charge on any atom is -0.483 e. The van der Waals surface area contributed by atoms with Crippen molar-refractivity contribution < 1.29 is 31.9 Å². The van der Waals surface area contributed by atoms with Crippen molar-refractivity contribution in [2.75, 3.05) is 33.4 Å². The van der Waals surface area contributed by atoms with Crippen molar-refractivity contribution in [2.45, 2.75) is 38.2 Å². The number of halogens is 2. The van der Waals surface area contributed by atoms with E-state index in [2.05, 4.69) is 9.64 Å². The van der Waals surface area contributed by atoms with Gasteiger partial charge in [-0.05, 0) is 49.7 Å². The van der Waals surface area contributed by atoms with Crippen molar-refractivity contribution >= 4 is 33.4 Å². The van der Waals surface area contributed by atoms with Crippen molar-refractivity contribution in [3.63, 3.8) is 0 Å². The molecule has 37 heavy (non-hydrogen) atoms. The molecule has 9 nitrogen and oxygen atoms in total. The average molecular weight is 556 g/mol. The van der Waals surface area contributed by atoms with Crippen molar-refractivity contribution in [3.05, 3.63) is 64.4 Å². The third-order valence-corrected chi connectivity index (χ3v) is 7.46. The van der Waals surface area contributed by atoms with Gasteiger partial charge in [0.05, 0.1) is 5.75 Å². The highest BCUT2D eigenvalue weighted by Gasteiger charge is 2.32. The Kier molecular flexibility index (Phi) is 9.88. The van der Waals surface area contributed by atoms with Gasteiger partial charge < -0.3 is 14.4 Å². The summed E-state index contributed by atoms with van der Waals surface area (Å²) in [6.45, 7) is 5.04. The first-order valence-corrected chi connectivity index (χ1v) is 13.7. The molecular formula is C25H31ClFN3O6S. The van der Waals surface area contributed by atoms with Gasteiger partial charge in [-0.1, -0.05) is 23.7 Å². The van der Waals surface area contributed by atoms with E-state index in [1.54, 1.807) is 17.0 Å².